The van der Waals surface area contributed by atoms with E-state index in [2.05, 4.69) is 67.3 Å². The van der Waals surface area contributed by atoms with Gasteiger partial charge >= 0.3 is 0 Å². The third-order valence-corrected chi connectivity index (χ3v) is 11.5. The lowest BCUT2D eigenvalue weighted by Crippen LogP contribution is -2.53. The van der Waals surface area contributed by atoms with E-state index in [9.17, 15) is 15.0 Å². The Kier molecular flexibility index (Phi) is 9.75. The van der Waals surface area contributed by atoms with Gasteiger partial charge in [-0.15, -0.1) is 0 Å². The molecule has 2 fully saturated rings. The van der Waals surface area contributed by atoms with Crippen molar-refractivity contribution in [3.8, 4) is 0 Å². The van der Waals surface area contributed by atoms with Gasteiger partial charge in [-0.05, 0) is 119 Å². The molecule has 4 atom stereocenters. The maximum atomic E-state index is 14.1. The number of rotatable bonds is 6. The molecule has 45 heavy (non-hydrogen) atoms. The van der Waals surface area contributed by atoms with E-state index in [4.69, 9.17) is 0 Å². The fourth-order valence-electron chi connectivity index (χ4n) is 8.61. The first-order chi connectivity index (χ1) is 21.7. The number of carbonyl (C=O) groups is 1. The minimum atomic E-state index is -0.843. The first kappa shape index (κ1) is 31.9. The van der Waals surface area contributed by atoms with Crippen LogP contribution in [0.25, 0.3) is 0 Å². The number of fused-ring (bicyclic) bond motifs is 8. The van der Waals surface area contributed by atoms with Gasteiger partial charge in [0.15, 0.2) is 5.78 Å². The molecule has 1 aliphatic heterocycles. The molecule has 3 aliphatic carbocycles. The van der Waals surface area contributed by atoms with Crippen LogP contribution in [0.3, 0.4) is 0 Å². The van der Waals surface area contributed by atoms with Crippen LogP contribution in [0.4, 0.5) is 0 Å². The van der Waals surface area contributed by atoms with E-state index in [-0.39, 0.29) is 17.1 Å². The highest BCUT2D eigenvalue weighted by molar-refractivity contribution is 6.10. The molecule has 0 radical (unpaired) electrons. The minimum absolute atomic E-state index is 0.0306. The Hall–Kier alpha value is -3.05. The summed E-state index contributed by atoms with van der Waals surface area (Å²) in [5, 5.41) is 23.6. The van der Waals surface area contributed by atoms with Crippen molar-refractivity contribution >= 4 is 5.78 Å². The first-order valence-electron chi connectivity index (χ1n) is 17.3. The number of aliphatic hydroxyl groups is 2. The second-order valence-corrected chi connectivity index (χ2v) is 14.6. The standard InChI is InChI=1S/C41H51NO3/c1-30-10-9-22-40(2)38(19-23-41(40,45)29-42-24-20-32(21-25-42)26-31-11-5-3-6-12-31)36-18-16-33(27-35(43)17-15-30)28-37(36)39(44)34-13-7-4-8-14-34/h3-8,10-14,16,18,28,32,35,38,43,45H,9,15,17,19-27,29H2,1-2H3/t35-,38-,40-,41+/m0/s1. The third-order valence-electron chi connectivity index (χ3n) is 11.5. The smallest absolute Gasteiger partial charge is 0.193 e. The number of allylic oxidation sites excluding steroid dienone is 2. The Morgan fingerprint density at radius 2 is 1.62 bits per heavy atom. The Labute approximate surface area is 270 Å². The molecule has 2 bridgehead atoms. The molecule has 2 N–H and O–H groups in total. The lowest BCUT2D eigenvalue weighted by Gasteiger charge is -2.47. The molecule has 4 aliphatic rings. The fraction of sp³-hybridized carbons (Fsp3) is 0.488. The van der Waals surface area contributed by atoms with E-state index >= 15 is 0 Å². The summed E-state index contributed by atoms with van der Waals surface area (Å²) in [6.45, 7) is 7.20. The van der Waals surface area contributed by atoms with Gasteiger partial charge in [0, 0.05) is 23.1 Å². The van der Waals surface area contributed by atoms with Crippen LogP contribution in [0.15, 0.2) is 90.5 Å². The number of nitrogens with zero attached hydrogens (tertiary/aromatic N) is 1. The molecule has 3 aromatic carbocycles. The van der Waals surface area contributed by atoms with Crippen LogP contribution in [-0.4, -0.2) is 52.2 Å². The van der Waals surface area contributed by atoms with E-state index in [1.54, 1.807) is 0 Å². The average Bonchev–Trinajstić information content (AvgIpc) is 3.30. The van der Waals surface area contributed by atoms with Gasteiger partial charge in [0.05, 0.1) is 11.7 Å². The number of benzene rings is 3. The van der Waals surface area contributed by atoms with Crippen LogP contribution < -0.4 is 0 Å². The van der Waals surface area contributed by atoms with Crippen molar-refractivity contribution in [1.82, 2.24) is 4.90 Å². The quantitative estimate of drug-likeness (QED) is 0.221. The van der Waals surface area contributed by atoms with E-state index in [0.717, 1.165) is 81.1 Å². The molecular formula is C41H51NO3. The summed E-state index contributed by atoms with van der Waals surface area (Å²) >= 11 is 0. The summed E-state index contributed by atoms with van der Waals surface area (Å²) in [7, 11) is 0. The Morgan fingerprint density at radius 1 is 0.911 bits per heavy atom. The predicted molar refractivity (Wildman–Crippen MR) is 183 cm³/mol. The van der Waals surface area contributed by atoms with Crippen LogP contribution >= 0.6 is 0 Å². The van der Waals surface area contributed by atoms with Gasteiger partial charge in [-0.25, -0.2) is 0 Å². The van der Waals surface area contributed by atoms with Crippen LogP contribution in [0.1, 0.15) is 104 Å². The first-order valence-corrected chi connectivity index (χ1v) is 17.3. The zero-order valence-electron chi connectivity index (χ0n) is 27.3. The molecule has 1 heterocycles. The van der Waals surface area contributed by atoms with Crippen LogP contribution in [0.2, 0.25) is 0 Å². The topological polar surface area (TPSA) is 60.8 Å². The molecule has 4 nitrogen and oxygen atoms in total. The van der Waals surface area contributed by atoms with Gasteiger partial charge in [0.1, 0.15) is 0 Å². The maximum absolute atomic E-state index is 14.1. The number of β-amino-alcohol motifs (C(OH)–C–C–N with tert-alkyl or cyclic N) is 1. The highest BCUT2D eigenvalue weighted by Crippen LogP contribution is 2.59. The van der Waals surface area contributed by atoms with Crippen molar-refractivity contribution in [3.05, 3.63) is 118 Å². The molecule has 1 saturated carbocycles. The van der Waals surface area contributed by atoms with Crippen molar-refractivity contribution in [2.45, 2.75) is 95.7 Å². The van der Waals surface area contributed by atoms with Crippen molar-refractivity contribution in [1.29, 1.82) is 0 Å². The highest BCUT2D eigenvalue weighted by atomic mass is 16.3. The van der Waals surface area contributed by atoms with Gasteiger partial charge in [-0.2, -0.15) is 0 Å². The maximum Gasteiger partial charge on any atom is 0.193 e. The van der Waals surface area contributed by atoms with E-state index in [0.29, 0.717) is 30.9 Å². The summed E-state index contributed by atoms with van der Waals surface area (Å²) in [6.07, 6.45) is 10.8. The van der Waals surface area contributed by atoms with E-state index in [1.165, 1.54) is 11.1 Å². The minimum Gasteiger partial charge on any atom is -0.393 e. The predicted octanol–water partition coefficient (Wildman–Crippen LogP) is 7.91. The molecule has 0 aromatic heterocycles. The van der Waals surface area contributed by atoms with Gasteiger partial charge in [0.2, 0.25) is 0 Å². The van der Waals surface area contributed by atoms with Crippen molar-refractivity contribution in [2.75, 3.05) is 19.6 Å². The average molecular weight is 606 g/mol. The summed E-state index contributed by atoms with van der Waals surface area (Å²) < 4.78 is 0. The number of aliphatic hydroxyl groups excluding tert-OH is 1. The zero-order chi connectivity index (χ0) is 31.4. The lowest BCUT2D eigenvalue weighted by atomic mass is 9.64. The largest absolute Gasteiger partial charge is 0.393 e. The van der Waals surface area contributed by atoms with Crippen molar-refractivity contribution < 1.29 is 15.0 Å². The molecule has 4 heteroatoms. The van der Waals surface area contributed by atoms with Gasteiger partial charge in [-0.1, -0.05) is 91.4 Å². The lowest BCUT2D eigenvalue weighted by molar-refractivity contribution is -0.0873. The number of hydrogen-bond donors (Lipinski definition) is 2. The molecule has 7 rings (SSSR count). The highest BCUT2D eigenvalue weighted by Gasteiger charge is 2.57. The normalized spacial score (nSPS) is 28.3. The number of likely N-dealkylation sites (tertiary alicyclic amines) is 1. The second-order valence-electron chi connectivity index (χ2n) is 14.6. The number of hydrogen-bond acceptors (Lipinski definition) is 4. The van der Waals surface area contributed by atoms with Crippen LogP contribution in [-0.2, 0) is 12.8 Å². The number of carbonyl (C=O) groups excluding carboxylic acids is 1. The summed E-state index contributed by atoms with van der Waals surface area (Å²) in [5.41, 5.74) is 4.97. The Bertz CT molecular complexity index is 1480. The zero-order valence-corrected chi connectivity index (χ0v) is 27.3. The molecule has 3 aromatic rings. The molecular weight excluding hydrogens is 554 g/mol. The van der Waals surface area contributed by atoms with Crippen molar-refractivity contribution in [3.63, 3.8) is 0 Å². The van der Waals surface area contributed by atoms with Gasteiger partial charge in [-0.3, -0.25) is 4.79 Å². The van der Waals surface area contributed by atoms with E-state index in [1.807, 2.05) is 36.4 Å². The Morgan fingerprint density at radius 3 is 2.36 bits per heavy atom. The molecule has 0 unspecified atom stereocenters. The van der Waals surface area contributed by atoms with E-state index < -0.39 is 11.7 Å². The number of piperidine rings is 1. The summed E-state index contributed by atoms with van der Waals surface area (Å²) in [4.78, 5) is 16.6. The second kappa shape index (κ2) is 13.7. The van der Waals surface area contributed by atoms with Gasteiger partial charge in [0.25, 0.3) is 0 Å². The van der Waals surface area contributed by atoms with Crippen LogP contribution in [0.5, 0.6) is 0 Å². The molecule has 238 valence electrons. The monoisotopic (exact) mass is 605 g/mol. The molecule has 0 amide bonds. The third kappa shape index (κ3) is 7.04. The van der Waals surface area contributed by atoms with Crippen LogP contribution in [0, 0.1) is 11.3 Å². The number of ketones is 1. The summed E-state index contributed by atoms with van der Waals surface area (Å²) in [6, 6.07) is 26.7. The SMILES string of the molecule is CC1=CCC[C@@]2(C)[C@@H](CC[C@@]2(O)CN2CCC(Cc3ccccc3)CC2)c2ccc(cc2C(=O)c2ccccc2)C[C@@H](O)CC1. The van der Waals surface area contributed by atoms with Crippen molar-refractivity contribution in [2.24, 2.45) is 11.3 Å². The molecule has 0 spiro atoms. The fourth-order valence-corrected chi connectivity index (χ4v) is 8.61. The summed E-state index contributed by atoms with van der Waals surface area (Å²) in [5.74, 6) is 0.788. The Balaban J connectivity index is 1.30. The molecule has 1 saturated heterocycles. The van der Waals surface area contributed by atoms with Gasteiger partial charge < -0.3 is 15.1 Å².